The van der Waals surface area contributed by atoms with E-state index in [9.17, 15) is 19.7 Å². The van der Waals surface area contributed by atoms with Crippen LogP contribution in [-0.2, 0) is 9.53 Å². The zero-order chi connectivity index (χ0) is 21.7. The van der Waals surface area contributed by atoms with E-state index in [1.807, 2.05) is 48.7 Å². The molecular formula is C22H20N2O6. The molecule has 1 heterocycles. The molecule has 1 aromatic heterocycles. The number of rotatable bonds is 8. The van der Waals surface area contributed by atoms with Gasteiger partial charge in [0.1, 0.15) is 0 Å². The Morgan fingerprint density at radius 2 is 1.67 bits per heavy atom. The molecule has 3 rings (SSSR count). The predicted molar refractivity (Wildman–Crippen MR) is 109 cm³/mol. The first-order valence-corrected chi connectivity index (χ1v) is 9.18. The van der Waals surface area contributed by atoms with Gasteiger partial charge in [-0.15, -0.1) is 0 Å². The summed E-state index contributed by atoms with van der Waals surface area (Å²) in [5, 5.41) is 11.0. The Morgan fingerprint density at radius 1 is 1.00 bits per heavy atom. The number of para-hydroxylation sites is 3. The maximum Gasteiger partial charge on any atom is 0.344 e. The molecular weight excluding hydrogens is 388 g/mol. The summed E-state index contributed by atoms with van der Waals surface area (Å²) in [5.41, 5.74) is 2.77. The minimum atomic E-state index is -0.793. The van der Waals surface area contributed by atoms with Crippen LogP contribution < -0.4 is 4.74 Å². The first-order valence-electron chi connectivity index (χ1n) is 9.18. The Kier molecular flexibility index (Phi) is 6.26. The highest BCUT2D eigenvalue weighted by Crippen LogP contribution is 2.25. The number of benzene rings is 2. The molecule has 0 aliphatic carbocycles. The highest BCUT2D eigenvalue weighted by atomic mass is 16.6. The van der Waals surface area contributed by atoms with E-state index in [0.29, 0.717) is 5.56 Å². The van der Waals surface area contributed by atoms with Crippen molar-refractivity contribution in [3.05, 3.63) is 87.7 Å². The molecule has 30 heavy (non-hydrogen) atoms. The van der Waals surface area contributed by atoms with E-state index in [1.165, 1.54) is 18.2 Å². The number of esters is 1. The topological polar surface area (TPSA) is 101 Å². The summed E-state index contributed by atoms with van der Waals surface area (Å²) in [4.78, 5) is 34.9. The molecule has 0 radical (unpaired) electrons. The Hall–Kier alpha value is -3.94. The number of nitro benzene ring substituents is 1. The highest BCUT2D eigenvalue weighted by molar-refractivity contribution is 5.99. The van der Waals surface area contributed by atoms with Gasteiger partial charge in [0, 0.05) is 28.7 Å². The second-order valence-corrected chi connectivity index (χ2v) is 6.55. The Morgan fingerprint density at radius 3 is 2.37 bits per heavy atom. The van der Waals surface area contributed by atoms with E-state index >= 15 is 0 Å². The number of Topliss-reactive ketones (excluding diaryl/α,β-unsaturated/α-hetero) is 1. The van der Waals surface area contributed by atoms with E-state index in [1.54, 1.807) is 12.1 Å². The predicted octanol–water partition coefficient (Wildman–Crippen LogP) is 3.81. The summed E-state index contributed by atoms with van der Waals surface area (Å²) < 4.78 is 12.1. The average Bonchev–Trinajstić information content (AvgIpc) is 3.05. The average molecular weight is 408 g/mol. The van der Waals surface area contributed by atoms with Gasteiger partial charge in [0.05, 0.1) is 4.92 Å². The van der Waals surface area contributed by atoms with Crippen molar-refractivity contribution >= 4 is 17.4 Å². The molecule has 0 bridgehead atoms. The Balaban J connectivity index is 1.61. The van der Waals surface area contributed by atoms with Crippen molar-refractivity contribution in [1.29, 1.82) is 0 Å². The zero-order valence-corrected chi connectivity index (χ0v) is 16.5. The molecule has 2 aromatic carbocycles. The Labute approximate surface area is 172 Å². The lowest BCUT2D eigenvalue weighted by atomic mass is 10.1. The number of ether oxygens (including phenoxy) is 2. The quantitative estimate of drug-likeness (QED) is 0.243. The molecule has 0 amide bonds. The van der Waals surface area contributed by atoms with Crippen LogP contribution in [0.5, 0.6) is 5.75 Å². The fourth-order valence-corrected chi connectivity index (χ4v) is 3.15. The third kappa shape index (κ3) is 4.54. The van der Waals surface area contributed by atoms with Gasteiger partial charge in [0.2, 0.25) is 5.78 Å². The minimum absolute atomic E-state index is 0.0443. The van der Waals surface area contributed by atoms with Gasteiger partial charge < -0.3 is 14.0 Å². The van der Waals surface area contributed by atoms with Gasteiger partial charge in [0.25, 0.3) is 0 Å². The van der Waals surface area contributed by atoms with Gasteiger partial charge in [-0.2, -0.15) is 0 Å². The smallest absolute Gasteiger partial charge is 0.344 e. The molecule has 0 saturated heterocycles. The van der Waals surface area contributed by atoms with Crippen molar-refractivity contribution in [3.8, 4) is 11.4 Å². The number of aryl methyl sites for hydroxylation is 1. The van der Waals surface area contributed by atoms with Crippen LogP contribution in [0.25, 0.3) is 5.69 Å². The lowest BCUT2D eigenvalue weighted by Gasteiger charge is -2.10. The van der Waals surface area contributed by atoms with E-state index < -0.39 is 24.1 Å². The lowest BCUT2D eigenvalue weighted by Crippen LogP contribution is -2.20. The summed E-state index contributed by atoms with van der Waals surface area (Å²) in [6, 6.07) is 17.1. The number of hydrogen-bond acceptors (Lipinski definition) is 6. The van der Waals surface area contributed by atoms with Crippen LogP contribution in [-0.4, -0.2) is 34.5 Å². The second kappa shape index (κ2) is 9.04. The van der Waals surface area contributed by atoms with Crippen LogP contribution in [0.1, 0.15) is 21.7 Å². The van der Waals surface area contributed by atoms with Crippen LogP contribution in [0.4, 0.5) is 5.69 Å². The normalized spacial score (nSPS) is 10.5. The number of carbonyl (C=O) groups excluding carboxylic acids is 2. The standard InChI is InChI=1S/C22H20N2O6/c1-15-12-18(16(2)23(15)17-8-4-3-5-9-17)20(25)13-30-22(26)14-29-21-11-7-6-10-19(21)24(27)28/h3-12H,13-14H2,1-2H3. The zero-order valence-electron chi connectivity index (χ0n) is 16.5. The first kappa shape index (κ1) is 20.8. The van der Waals surface area contributed by atoms with Crippen molar-refractivity contribution in [2.45, 2.75) is 13.8 Å². The summed E-state index contributed by atoms with van der Waals surface area (Å²) in [5.74, 6) is -1.18. The minimum Gasteiger partial charge on any atom is -0.475 e. The molecule has 0 aliphatic rings. The molecule has 3 aromatic rings. The van der Waals surface area contributed by atoms with Crippen LogP contribution in [0, 0.1) is 24.0 Å². The van der Waals surface area contributed by atoms with Crippen LogP contribution in [0.15, 0.2) is 60.7 Å². The Bertz CT molecular complexity index is 1090. The monoisotopic (exact) mass is 408 g/mol. The molecule has 154 valence electrons. The summed E-state index contributed by atoms with van der Waals surface area (Å²) in [7, 11) is 0. The fourth-order valence-electron chi connectivity index (χ4n) is 3.15. The van der Waals surface area contributed by atoms with Crippen molar-refractivity contribution in [2.24, 2.45) is 0 Å². The summed E-state index contributed by atoms with van der Waals surface area (Å²) in [6.45, 7) is 2.73. The number of hydrogen-bond donors (Lipinski definition) is 0. The van der Waals surface area contributed by atoms with Gasteiger partial charge in [-0.05, 0) is 38.1 Å². The number of ketones is 1. The summed E-state index contributed by atoms with van der Waals surface area (Å²) in [6.07, 6.45) is 0. The molecule has 0 fully saturated rings. The number of aromatic nitrogens is 1. The molecule has 0 spiro atoms. The number of carbonyl (C=O) groups is 2. The van der Waals surface area contributed by atoms with Crippen molar-refractivity contribution in [1.82, 2.24) is 4.57 Å². The maximum atomic E-state index is 12.6. The molecule has 0 atom stereocenters. The molecule has 0 saturated carbocycles. The van der Waals surface area contributed by atoms with Crippen molar-refractivity contribution in [3.63, 3.8) is 0 Å². The number of nitrogens with zero attached hydrogens (tertiary/aromatic N) is 2. The molecule has 0 unspecified atom stereocenters. The van der Waals surface area contributed by atoms with Gasteiger partial charge in [-0.3, -0.25) is 14.9 Å². The van der Waals surface area contributed by atoms with Gasteiger partial charge in [0.15, 0.2) is 19.0 Å². The van der Waals surface area contributed by atoms with E-state index in [-0.39, 0.29) is 17.2 Å². The summed E-state index contributed by atoms with van der Waals surface area (Å²) >= 11 is 0. The second-order valence-electron chi connectivity index (χ2n) is 6.55. The van der Waals surface area contributed by atoms with Gasteiger partial charge in [-0.1, -0.05) is 30.3 Å². The van der Waals surface area contributed by atoms with Crippen LogP contribution in [0.3, 0.4) is 0 Å². The fraction of sp³-hybridized carbons (Fsp3) is 0.182. The largest absolute Gasteiger partial charge is 0.475 e. The van der Waals surface area contributed by atoms with Gasteiger partial charge in [-0.25, -0.2) is 4.79 Å². The third-order valence-electron chi connectivity index (χ3n) is 4.52. The van der Waals surface area contributed by atoms with Crippen LogP contribution in [0.2, 0.25) is 0 Å². The molecule has 8 heteroatoms. The molecule has 0 N–H and O–H groups in total. The highest BCUT2D eigenvalue weighted by Gasteiger charge is 2.19. The van der Waals surface area contributed by atoms with Gasteiger partial charge >= 0.3 is 11.7 Å². The van der Waals surface area contributed by atoms with E-state index in [2.05, 4.69) is 0 Å². The first-order chi connectivity index (χ1) is 14.4. The van der Waals surface area contributed by atoms with E-state index in [0.717, 1.165) is 17.1 Å². The van der Waals surface area contributed by atoms with Crippen molar-refractivity contribution < 1.29 is 24.0 Å². The third-order valence-corrected chi connectivity index (χ3v) is 4.52. The lowest BCUT2D eigenvalue weighted by molar-refractivity contribution is -0.385. The van der Waals surface area contributed by atoms with Crippen LogP contribution >= 0.6 is 0 Å². The number of nitro groups is 1. The van der Waals surface area contributed by atoms with E-state index in [4.69, 9.17) is 9.47 Å². The molecule has 0 aliphatic heterocycles. The molecule has 8 nitrogen and oxygen atoms in total. The van der Waals surface area contributed by atoms with Crippen molar-refractivity contribution in [2.75, 3.05) is 13.2 Å². The SMILES string of the molecule is Cc1cc(C(=O)COC(=O)COc2ccccc2[N+](=O)[O-])c(C)n1-c1ccccc1. The maximum absolute atomic E-state index is 12.6.